The number of alkyl halides is 3. The maximum absolute atomic E-state index is 11.8. The number of rotatable bonds is 2. The lowest BCUT2D eigenvalue weighted by Gasteiger charge is -2.22. The molecule has 0 aromatic rings. The molecule has 1 amide bonds. The zero-order chi connectivity index (χ0) is 13.1. The molecule has 0 aliphatic rings. The Morgan fingerprint density at radius 2 is 1.62 bits per heavy atom. The fraction of sp³-hybridized carbons (Fsp3) is 0.778. The monoisotopic (exact) mass is 241 g/mol. The Hall–Kier alpha value is -1.27. The number of halogens is 3. The van der Waals surface area contributed by atoms with Crippen LogP contribution in [0.2, 0.25) is 0 Å². The van der Waals surface area contributed by atoms with E-state index in [0.717, 1.165) is 6.92 Å². The molecule has 0 heterocycles. The Morgan fingerprint density at radius 1 is 1.19 bits per heavy atom. The molecule has 1 N–H and O–H groups in total. The van der Waals surface area contributed by atoms with Gasteiger partial charge >= 0.3 is 18.1 Å². The number of amides is 1. The summed E-state index contributed by atoms with van der Waals surface area (Å²) in [5.74, 6) is -3.07. The van der Waals surface area contributed by atoms with E-state index in [4.69, 9.17) is 4.74 Å². The van der Waals surface area contributed by atoms with Crippen LogP contribution in [-0.4, -0.2) is 29.7 Å². The molecule has 1 atom stereocenters. The van der Waals surface area contributed by atoms with Gasteiger partial charge in [-0.05, 0) is 27.7 Å². The molecule has 0 radical (unpaired) electrons. The first-order chi connectivity index (χ1) is 6.93. The predicted molar refractivity (Wildman–Crippen MR) is 49.5 cm³/mol. The van der Waals surface area contributed by atoms with Crippen LogP contribution in [0.4, 0.5) is 13.2 Å². The van der Waals surface area contributed by atoms with Gasteiger partial charge in [-0.3, -0.25) is 4.79 Å². The highest BCUT2D eigenvalue weighted by Gasteiger charge is 2.40. The number of carbonyl (C=O) groups is 2. The highest BCUT2D eigenvalue weighted by atomic mass is 19.4. The SMILES string of the molecule is C[C@@H](NC(=O)C(F)(F)F)C(=O)OC(C)(C)C. The molecule has 16 heavy (non-hydrogen) atoms. The Bertz CT molecular complexity index is 281. The van der Waals surface area contributed by atoms with E-state index in [2.05, 4.69) is 0 Å². The fourth-order valence-electron chi connectivity index (χ4n) is 0.728. The Kier molecular flexibility index (Phi) is 4.34. The van der Waals surface area contributed by atoms with Crippen molar-refractivity contribution in [3.8, 4) is 0 Å². The van der Waals surface area contributed by atoms with E-state index < -0.39 is 29.7 Å². The summed E-state index contributed by atoms with van der Waals surface area (Å²) in [6.07, 6.45) is -5.00. The maximum Gasteiger partial charge on any atom is 0.471 e. The van der Waals surface area contributed by atoms with Crippen molar-refractivity contribution in [3.63, 3.8) is 0 Å². The number of carbonyl (C=O) groups excluding carboxylic acids is 2. The topological polar surface area (TPSA) is 55.4 Å². The lowest BCUT2D eigenvalue weighted by molar-refractivity contribution is -0.176. The van der Waals surface area contributed by atoms with Crippen LogP contribution in [0.25, 0.3) is 0 Å². The third-order valence-corrected chi connectivity index (χ3v) is 1.37. The third kappa shape index (κ3) is 5.57. The number of ether oxygens (including phenoxy) is 1. The molecule has 7 heteroatoms. The molecule has 94 valence electrons. The number of hydrogen-bond acceptors (Lipinski definition) is 3. The standard InChI is InChI=1S/C9H14F3NO3/c1-5(6(14)16-8(2,3)4)13-7(15)9(10,11)12/h5H,1-4H3,(H,13,15)/t5-/m1/s1. The van der Waals surface area contributed by atoms with Gasteiger partial charge in [0, 0.05) is 0 Å². The van der Waals surface area contributed by atoms with Crippen molar-refractivity contribution < 1.29 is 27.5 Å². The second-order valence-corrected chi connectivity index (χ2v) is 4.23. The fourth-order valence-corrected chi connectivity index (χ4v) is 0.728. The molecule has 0 rings (SSSR count). The molecule has 0 aliphatic carbocycles. The average molecular weight is 241 g/mol. The maximum atomic E-state index is 11.8. The second kappa shape index (κ2) is 4.71. The van der Waals surface area contributed by atoms with Crippen LogP contribution in [0.1, 0.15) is 27.7 Å². The minimum Gasteiger partial charge on any atom is -0.458 e. The van der Waals surface area contributed by atoms with Gasteiger partial charge in [0.1, 0.15) is 11.6 Å². The molecule has 0 aliphatic heterocycles. The van der Waals surface area contributed by atoms with E-state index in [1.165, 1.54) is 5.32 Å². The van der Waals surface area contributed by atoms with E-state index in [1.807, 2.05) is 0 Å². The van der Waals surface area contributed by atoms with Gasteiger partial charge in [-0.1, -0.05) is 0 Å². The lowest BCUT2D eigenvalue weighted by atomic mass is 10.2. The molecule has 0 fully saturated rings. The summed E-state index contributed by atoms with van der Waals surface area (Å²) in [5, 5.41) is 1.50. The summed E-state index contributed by atoms with van der Waals surface area (Å²) in [4.78, 5) is 21.7. The average Bonchev–Trinajstić information content (AvgIpc) is 1.98. The van der Waals surface area contributed by atoms with Gasteiger partial charge in [0.2, 0.25) is 0 Å². The van der Waals surface area contributed by atoms with Crippen molar-refractivity contribution in [1.29, 1.82) is 0 Å². The van der Waals surface area contributed by atoms with E-state index in [9.17, 15) is 22.8 Å². The van der Waals surface area contributed by atoms with Crippen molar-refractivity contribution in [3.05, 3.63) is 0 Å². The molecule has 0 bridgehead atoms. The van der Waals surface area contributed by atoms with Gasteiger partial charge < -0.3 is 10.1 Å². The first-order valence-corrected chi connectivity index (χ1v) is 4.54. The highest BCUT2D eigenvalue weighted by Crippen LogP contribution is 2.15. The molecule has 0 unspecified atom stereocenters. The van der Waals surface area contributed by atoms with Gasteiger partial charge in [0.05, 0.1) is 0 Å². The summed E-state index contributed by atoms with van der Waals surface area (Å²) in [6.45, 7) is 5.84. The van der Waals surface area contributed by atoms with Crippen LogP contribution in [0.5, 0.6) is 0 Å². The number of nitrogens with one attached hydrogen (secondary N) is 1. The van der Waals surface area contributed by atoms with Crippen molar-refractivity contribution >= 4 is 11.9 Å². The van der Waals surface area contributed by atoms with Crippen LogP contribution in [-0.2, 0) is 14.3 Å². The van der Waals surface area contributed by atoms with Crippen LogP contribution < -0.4 is 5.32 Å². The van der Waals surface area contributed by atoms with Crippen molar-refractivity contribution in [2.75, 3.05) is 0 Å². The Balaban J connectivity index is 4.33. The normalized spacial score (nSPS) is 14.2. The summed E-state index contributed by atoms with van der Waals surface area (Å²) in [7, 11) is 0. The number of esters is 1. The minimum atomic E-state index is -5.00. The van der Waals surface area contributed by atoms with Gasteiger partial charge in [-0.25, -0.2) is 4.79 Å². The second-order valence-electron chi connectivity index (χ2n) is 4.23. The molecule has 0 spiro atoms. The largest absolute Gasteiger partial charge is 0.471 e. The van der Waals surface area contributed by atoms with E-state index >= 15 is 0 Å². The lowest BCUT2D eigenvalue weighted by Crippen LogP contribution is -2.47. The van der Waals surface area contributed by atoms with Crippen LogP contribution >= 0.6 is 0 Å². The molecular weight excluding hydrogens is 227 g/mol. The third-order valence-electron chi connectivity index (χ3n) is 1.37. The zero-order valence-corrected chi connectivity index (χ0v) is 9.44. The molecule has 0 aromatic carbocycles. The summed E-state index contributed by atoms with van der Waals surface area (Å²) in [5.41, 5.74) is -0.811. The molecule has 0 aromatic heterocycles. The van der Waals surface area contributed by atoms with Gasteiger partial charge in [0.25, 0.3) is 0 Å². The summed E-state index contributed by atoms with van der Waals surface area (Å²) in [6, 6.07) is -1.34. The minimum absolute atomic E-state index is 0.811. The van der Waals surface area contributed by atoms with Crippen molar-refractivity contribution in [2.45, 2.75) is 45.5 Å². The van der Waals surface area contributed by atoms with Crippen molar-refractivity contribution in [2.24, 2.45) is 0 Å². The van der Waals surface area contributed by atoms with Crippen LogP contribution in [0, 0.1) is 0 Å². The molecular formula is C9H14F3NO3. The Labute approximate surface area is 91.1 Å². The molecule has 0 saturated heterocycles. The molecule has 0 saturated carbocycles. The number of hydrogen-bond donors (Lipinski definition) is 1. The highest BCUT2D eigenvalue weighted by molar-refractivity contribution is 5.87. The zero-order valence-electron chi connectivity index (χ0n) is 9.44. The van der Waals surface area contributed by atoms with E-state index in [0.29, 0.717) is 0 Å². The quantitative estimate of drug-likeness (QED) is 0.743. The van der Waals surface area contributed by atoms with Gasteiger partial charge in [-0.15, -0.1) is 0 Å². The van der Waals surface area contributed by atoms with E-state index in [1.54, 1.807) is 20.8 Å². The Morgan fingerprint density at radius 3 is 1.94 bits per heavy atom. The first-order valence-electron chi connectivity index (χ1n) is 4.54. The smallest absolute Gasteiger partial charge is 0.458 e. The van der Waals surface area contributed by atoms with Crippen LogP contribution in [0.15, 0.2) is 0 Å². The summed E-state index contributed by atoms with van der Waals surface area (Å²) < 4.78 is 40.3. The van der Waals surface area contributed by atoms with Crippen molar-refractivity contribution in [1.82, 2.24) is 5.32 Å². The first kappa shape index (κ1) is 14.7. The molecule has 4 nitrogen and oxygen atoms in total. The van der Waals surface area contributed by atoms with Gasteiger partial charge in [-0.2, -0.15) is 13.2 Å². The van der Waals surface area contributed by atoms with Gasteiger partial charge in [0.15, 0.2) is 0 Å². The predicted octanol–water partition coefficient (Wildman–Crippen LogP) is 1.40. The summed E-state index contributed by atoms with van der Waals surface area (Å²) >= 11 is 0. The van der Waals surface area contributed by atoms with Crippen LogP contribution in [0.3, 0.4) is 0 Å². The van der Waals surface area contributed by atoms with E-state index in [-0.39, 0.29) is 0 Å².